The molecule has 2 amide bonds. The summed E-state index contributed by atoms with van der Waals surface area (Å²) in [5.41, 5.74) is 11.4. The number of carbonyl (C=O) groups is 3. The number of amides is 2. The molecule has 1 heterocycles. The molecular weight excluding hydrogens is 316 g/mol. The molecule has 2 atom stereocenters. The van der Waals surface area contributed by atoms with Crippen molar-refractivity contribution in [3.05, 3.63) is 11.9 Å². The number of carbonyl (C=O) groups excluding carboxylic acids is 2. The van der Waals surface area contributed by atoms with E-state index in [4.69, 9.17) is 11.5 Å². The summed E-state index contributed by atoms with van der Waals surface area (Å²) >= 11 is 0. The number of nitrogens with two attached hydrogens (primary N) is 2. The molecule has 1 aliphatic heterocycles. The van der Waals surface area contributed by atoms with E-state index in [1.165, 1.54) is 0 Å². The van der Waals surface area contributed by atoms with E-state index < -0.39 is 29.9 Å². The minimum Gasteiger partial charge on any atom is -0.480 e. The Labute approximate surface area is 140 Å². The van der Waals surface area contributed by atoms with Crippen LogP contribution >= 0.6 is 0 Å². The van der Waals surface area contributed by atoms with E-state index in [0.29, 0.717) is 26.1 Å². The first-order chi connectivity index (χ1) is 11.5. The predicted octanol–water partition coefficient (Wildman–Crippen LogP) is -2.49. The van der Waals surface area contributed by atoms with Crippen LogP contribution in [0.25, 0.3) is 0 Å². The quantitative estimate of drug-likeness (QED) is 0.202. The Morgan fingerprint density at radius 1 is 1.21 bits per heavy atom. The maximum atomic E-state index is 12.4. The number of hydrogen-bond acceptors (Lipinski definition) is 7. The average Bonchev–Trinajstić information content (AvgIpc) is 3.06. The standard InChI is InChI=1S/C14H26N6O4/c15-4-2-1-3-10(14(23)24)20-13(22)11(19-12(21)6-16)5-9-7-17-8-18-9/h7,10-11,17-18H,1-6,8,15-16H2,(H,19,21)(H,20,22)(H,23,24)/t10-,11-/m0/s1. The van der Waals surface area contributed by atoms with Crippen LogP contribution in [0.15, 0.2) is 11.9 Å². The van der Waals surface area contributed by atoms with E-state index in [-0.39, 0.29) is 19.4 Å². The molecule has 0 unspecified atom stereocenters. The van der Waals surface area contributed by atoms with E-state index in [9.17, 15) is 19.5 Å². The van der Waals surface area contributed by atoms with E-state index in [1.807, 2.05) is 0 Å². The molecule has 0 aromatic heterocycles. The monoisotopic (exact) mass is 342 g/mol. The second-order valence-corrected chi connectivity index (χ2v) is 5.44. The topological polar surface area (TPSA) is 172 Å². The number of hydrogen-bond donors (Lipinski definition) is 7. The molecule has 9 N–H and O–H groups in total. The van der Waals surface area contributed by atoms with Gasteiger partial charge in [-0.05, 0) is 25.8 Å². The van der Waals surface area contributed by atoms with Gasteiger partial charge >= 0.3 is 5.97 Å². The molecule has 0 saturated carbocycles. The van der Waals surface area contributed by atoms with Crippen LogP contribution in [0.1, 0.15) is 25.7 Å². The van der Waals surface area contributed by atoms with Gasteiger partial charge in [0.25, 0.3) is 0 Å². The molecule has 0 aliphatic carbocycles. The number of carboxylic acid groups (broad SMARTS) is 1. The fourth-order valence-corrected chi connectivity index (χ4v) is 2.23. The van der Waals surface area contributed by atoms with Gasteiger partial charge in [-0.25, -0.2) is 4.79 Å². The van der Waals surface area contributed by atoms with Crippen LogP contribution in [0.4, 0.5) is 0 Å². The third kappa shape index (κ3) is 6.84. The highest BCUT2D eigenvalue weighted by Crippen LogP contribution is 2.07. The second kappa shape index (κ2) is 10.4. The van der Waals surface area contributed by atoms with Gasteiger partial charge in [0.2, 0.25) is 11.8 Å². The maximum Gasteiger partial charge on any atom is 0.326 e. The van der Waals surface area contributed by atoms with Crippen LogP contribution in [-0.2, 0) is 14.4 Å². The Bertz CT molecular complexity index is 482. The zero-order valence-electron chi connectivity index (χ0n) is 13.5. The Kier molecular flexibility index (Phi) is 8.58. The zero-order chi connectivity index (χ0) is 17.9. The van der Waals surface area contributed by atoms with Crippen molar-refractivity contribution in [1.82, 2.24) is 21.3 Å². The zero-order valence-corrected chi connectivity index (χ0v) is 13.5. The Morgan fingerprint density at radius 2 is 1.96 bits per heavy atom. The van der Waals surface area contributed by atoms with E-state index in [1.54, 1.807) is 6.20 Å². The summed E-state index contributed by atoms with van der Waals surface area (Å²) < 4.78 is 0. The molecule has 0 aromatic carbocycles. The molecule has 0 bridgehead atoms. The predicted molar refractivity (Wildman–Crippen MR) is 87.3 cm³/mol. The highest BCUT2D eigenvalue weighted by atomic mass is 16.4. The first-order valence-corrected chi connectivity index (χ1v) is 7.87. The van der Waals surface area contributed by atoms with Crippen LogP contribution in [0.2, 0.25) is 0 Å². The van der Waals surface area contributed by atoms with Gasteiger partial charge in [-0.1, -0.05) is 0 Å². The van der Waals surface area contributed by atoms with Gasteiger partial charge in [-0.15, -0.1) is 0 Å². The fraction of sp³-hybridized carbons (Fsp3) is 0.643. The molecule has 0 radical (unpaired) electrons. The minimum absolute atomic E-state index is 0.208. The highest BCUT2D eigenvalue weighted by Gasteiger charge is 2.27. The number of carboxylic acids is 1. The smallest absolute Gasteiger partial charge is 0.326 e. The van der Waals surface area contributed by atoms with Crippen LogP contribution in [0.3, 0.4) is 0 Å². The van der Waals surface area contributed by atoms with Crippen molar-refractivity contribution in [1.29, 1.82) is 0 Å². The summed E-state index contributed by atoms with van der Waals surface area (Å²) in [7, 11) is 0. The van der Waals surface area contributed by atoms with Crippen molar-refractivity contribution in [3.63, 3.8) is 0 Å². The highest BCUT2D eigenvalue weighted by molar-refractivity contribution is 5.91. The molecular formula is C14H26N6O4. The van der Waals surface area contributed by atoms with Crippen LogP contribution in [-0.4, -0.2) is 54.7 Å². The maximum absolute atomic E-state index is 12.4. The molecule has 10 heteroatoms. The second-order valence-electron chi connectivity index (χ2n) is 5.44. The van der Waals surface area contributed by atoms with Crippen LogP contribution < -0.4 is 32.7 Å². The van der Waals surface area contributed by atoms with Crippen molar-refractivity contribution in [2.24, 2.45) is 11.5 Å². The van der Waals surface area contributed by atoms with Crippen molar-refractivity contribution < 1.29 is 19.5 Å². The van der Waals surface area contributed by atoms with Gasteiger partial charge in [0.1, 0.15) is 12.1 Å². The average molecular weight is 342 g/mol. The number of rotatable bonds is 11. The molecule has 10 nitrogen and oxygen atoms in total. The summed E-state index contributed by atoms with van der Waals surface area (Å²) in [5.74, 6) is -2.17. The molecule has 1 rings (SSSR count). The van der Waals surface area contributed by atoms with E-state index in [2.05, 4.69) is 21.3 Å². The normalized spacial score (nSPS) is 15.5. The lowest BCUT2D eigenvalue weighted by atomic mass is 10.1. The van der Waals surface area contributed by atoms with Gasteiger partial charge < -0.3 is 37.8 Å². The third-order valence-corrected chi connectivity index (χ3v) is 3.52. The van der Waals surface area contributed by atoms with E-state index >= 15 is 0 Å². The van der Waals surface area contributed by atoms with Gasteiger partial charge in [0, 0.05) is 18.3 Å². The lowest BCUT2D eigenvalue weighted by Gasteiger charge is -2.21. The summed E-state index contributed by atoms with van der Waals surface area (Å²) in [5, 5.41) is 20.1. The molecule has 1 aliphatic rings. The van der Waals surface area contributed by atoms with Crippen molar-refractivity contribution >= 4 is 17.8 Å². The summed E-state index contributed by atoms with van der Waals surface area (Å²) in [6, 6.07) is -1.93. The van der Waals surface area contributed by atoms with Crippen molar-refractivity contribution in [2.45, 2.75) is 37.8 Å². The molecule has 136 valence electrons. The third-order valence-electron chi connectivity index (χ3n) is 3.52. The number of aliphatic carboxylic acids is 1. The number of unbranched alkanes of at least 4 members (excludes halogenated alkanes) is 1. The van der Waals surface area contributed by atoms with Gasteiger partial charge in [-0.2, -0.15) is 0 Å². The minimum atomic E-state index is -1.12. The van der Waals surface area contributed by atoms with Gasteiger partial charge in [0.05, 0.1) is 13.2 Å². The lowest BCUT2D eigenvalue weighted by molar-refractivity contribution is -0.142. The summed E-state index contributed by atoms with van der Waals surface area (Å²) in [6.45, 7) is 0.737. The first kappa shape index (κ1) is 19.7. The Morgan fingerprint density at radius 3 is 2.50 bits per heavy atom. The molecule has 0 aromatic rings. The Hall–Kier alpha value is -2.33. The number of nitrogens with one attached hydrogen (secondary N) is 4. The van der Waals surface area contributed by atoms with E-state index in [0.717, 1.165) is 5.70 Å². The summed E-state index contributed by atoms with van der Waals surface area (Å²) in [4.78, 5) is 35.2. The summed E-state index contributed by atoms with van der Waals surface area (Å²) in [6.07, 6.45) is 3.45. The SMILES string of the molecule is NCCCC[C@H](NC(=O)[C@H](CC1=CNCN1)NC(=O)CN)C(=O)O. The largest absolute Gasteiger partial charge is 0.480 e. The van der Waals surface area contributed by atoms with Crippen molar-refractivity contribution in [3.8, 4) is 0 Å². The fourth-order valence-electron chi connectivity index (χ4n) is 2.23. The van der Waals surface area contributed by atoms with Gasteiger partial charge in [0.15, 0.2) is 0 Å². The van der Waals surface area contributed by atoms with Gasteiger partial charge in [-0.3, -0.25) is 9.59 Å². The lowest BCUT2D eigenvalue weighted by Crippen LogP contribution is -2.53. The molecule has 24 heavy (non-hydrogen) atoms. The molecule has 0 spiro atoms. The van der Waals surface area contributed by atoms with Crippen molar-refractivity contribution in [2.75, 3.05) is 19.8 Å². The first-order valence-electron chi connectivity index (χ1n) is 7.87. The molecule has 0 saturated heterocycles. The Balaban J connectivity index is 2.68. The van der Waals surface area contributed by atoms with Crippen LogP contribution in [0, 0.1) is 0 Å². The molecule has 0 fully saturated rings. The van der Waals surface area contributed by atoms with Crippen LogP contribution in [0.5, 0.6) is 0 Å².